The fraction of sp³-hybridized carbons (Fsp3) is 0.235. The molecule has 0 amide bonds. The van der Waals surface area contributed by atoms with Crippen molar-refractivity contribution in [2.75, 3.05) is 7.11 Å². The Hall–Kier alpha value is -1.90. The molecule has 1 unspecified atom stereocenters. The van der Waals surface area contributed by atoms with Crippen molar-refractivity contribution in [2.45, 2.75) is 20.8 Å². The Morgan fingerprint density at radius 1 is 0.955 bits per heavy atom. The first-order valence-corrected chi connectivity index (χ1v) is 7.99. The Morgan fingerprint density at radius 2 is 1.64 bits per heavy atom. The molecule has 0 radical (unpaired) electrons. The first kappa shape index (κ1) is 16.5. The van der Waals surface area contributed by atoms with Gasteiger partial charge in [-0.1, -0.05) is 24.3 Å². The fourth-order valence-electron chi connectivity index (χ4n) is 1.95. The molecule has 22 heavy (non-hydrogen) atoms. The van der Waals surface area contributed by atoms with Crippen LogP contribution in [0, 0.1) is 20.8 Å². The summed E-state index contributed by atoms with van der Waals surface area (Å²) < 4.78 is 16.0. The average Bonchev–Trinajstić information content (AvgIpc) is 2.53. The zero-order valence-corrected chi connectivity index (χ0v) is 14.0. The lowest BCUT2D eigenvalue weighted by Gasteiger charge is -2.16. The number of hydrogen-bond acceptors (Lipinski definition) is 4. The molecular weight excluding hydrogens is 299 g/mol. The van der Waals surface area contributed by atoms with Crippen molar-refractivity contribution in [3.05, 3.63) is 64.7 Å². The summed E-state index contributed by atoms with van der Waals surface area (Å²) in [6.45, 7) is 5.91. The summed E-state index contributed by atoms with van der Waals surface area (Å²) in [6.07, 6.45) is 0. The lowest BCUT2D eigenvalue weighted by molar-refractivity contribution is 0.0708. The van der Waals surface area contributed by atoms with Gasteiger partial charge in [0.15, 0.2) is 0 Å². The molecule has 0 saturated carbocycles. The van der Waals surface area contributed by atoms with Gasteiger partial charge in [0, 0.05) is 7.11 Å². The SMILES string of the molecule is COP(OC(=O)c1ccc(C)c(C)c1C)Oc1ccccc1. The van der Waals surface area contributed by atoms with Crippen LogP contribution in [0.4, 0.5) is 0 Å². The van der Waals surface area contributed by atoms with Crippen molar-refractivity contribution in [3.63, 3.8) is 0 Å². The number of hydrogen-bond donors (Lipinski definition) is 0. The molecule has 0 fully saturated rings. The van der Waals surface area contributed by atoms with Gasteiger partial charge in [-0.3, -0.25) is 4.52 Å². The lowest BCUT2D eigenvalue weighted by Crippen LogP contribution is -2.08. The zero-order valence-electron chi connectivity index (χ0n) is 13.1. The number of rotatable bonds is 5. The smallest absolute Gasteiger partial charge is 0.418 e. The molecule has 0 aromatic heterocycles. The van der Waals surface area contributed by atoms with Gasteiger partial charge in [-0.15, -0.1) is 0 Å². The second-order valence-corrected chi connectivity index (χ2v) is 6.05. The van der Waals surface area contributed by atoms with Crippen LogP contribution in [0.15, 0.2) is 42.5 Å². The van der Waals surface area contributed by atoms with Gasteiger partial charge in [-0.25, -0.2) is 4.79 Å². The van der Waals surface area contributed by atoms with Crippen LogP contribution in [0.5, 0.6) is 5.75 Å². The average molecular weight is 318 g/mol. The molecule has 0 N–H and O–H groups in total. The molecule has 0 saturated heterocycles. The standard InChI is InChI=1S/C17H19O4P/c1-12-10-11-16(14(3)13(12)2)17(18)21-22(19-4)20-15-8-6-5-7-9-15/h5-11H,1-4H3. The Bertz CT molecular complexity index is 655. The molecule has 0 aliphatic heterocycles. The highest BCUT2D eigenvalue weighted by atomic mass is 31.2. The van der Waals surface area contributed by atoms with Gasteiger partial charge in [-0.2, -0.15) is 0 Å². The molecule has 0 heterocycles. The van der Waals surface area contributed by atoms with Crippen LogP contribution in [0.2, 0.25) is 0 Å². The summed E-state index contributed by atoms with van der Waals surface area (Å²) in [5.74, 6) is 0.157. The summed E-state index contributed by atoms with van der Waals surface area (Å²) in [4.78, 5) is 12.3. The van der Waals surface area contributed by atoms with E-state index in [0.29, 0.717) is 11.3 Å². The topological polar surface area (TPSA) is 44.8 Å². The first-order chi connectivity index (χ1) is 10.5. The van der Waals surface area contributed by atoms with Crippen molar-refractivity contribution < 1.29 is 18.4 Å². The number of carbonyl (C=O) groups is 1. The van der Waals surface area contributed by atoms with Crippen LogP contribution >= 0.6 is 8.60 Å². The predicted octanol–water partition coefficient (Wildman–Crippen LogP) is 4.72. The van der Waals surface area contributed by atoms with Crippen LogP contribution in [-0.4, -0.2) is 13.1 Å². The molecule has 4 nitrogen and oxygen atoms in total. The van der Waals surface area contributed by atoms with Crippen LogP contribution < -0.4 is 4.52 Å². The Balaban J connectivity index is 2.11. The Morgan fingerprint density at radius 3 is 2.27 bits per heavy atom. The van der Waals surface area contributed by atoms with E-state index in [1.807, 2.05) is 45.0 Å². The largest absolute Gasteiger partial charge is 0.465 e. The maximum atomic E-state index is 12.3. The summed E-state index contributed by atoms with van der Waals surface area (Å²) in [5, 5.41) is 0. The summed E-state index contributed by atoms with van der Waals surface area (Å²) in [7, 11) is -0.323. The molecule has 0 spiro atoms. The number of carbonyl (C=O) groups excluding carboxylic acids is 1. The van der Waals surface area contributed by atoms with E-state index in [0.717, 1.165) is 16.7 Å². The van der Waals surface area contributed by atoms with E-state index in [2.05, 4.69) is 0 Å². The minimum atomic E-state index is -1.78. The van der Waals surface area contributed by atoms with Gasteiger partial charge in [0.2, 0.25) is 0 Å². The van der Waals surface area contributed by atoms with Crippen molar-refractivity contribution >= 4 is 14.6 Å². The normalized spacial score (nSPS) is 11.8. The molecule has 2 aromatic rings. The zero-order chi connectivity index (χ0) is 16.1. The maximum absolute atomic E-state index is 12.3. The third-order valence-corrected chi connectivity index (χ3v) is 4.48. The van der Waals surface area contributed by atoms with Gasteiger partial charge in [0.05, 0.1) is 5.56 Å². The molecule has 0 aliphatic carbocycles. The van der Waals surface area contributed by atoms with E-state index < -0.39 is 14.6 Å². The van der Waals surface area contributed by atoms with Crippen LogP contribution in [0.25, 0.3) is 0 Å². The van der Waals surface area contributed by atoms with Gasteiger partial charge in [-0.05, 0) is 55.7 Å². The predicted molar refractivity (Wildman–Crippen MR) is 87.1 cm³/mol. The Kier molecular flexibility index (Phi) is 5.53. The van der Waals surface area contributed by atoms with Crippen molar-refractivity contribution in [3.8, 4) is 5.75 Å². The molecule has 0 aliphatic rings. The fourth-order valence-corrected chi connectivity index (χ4v) is 2.67. The minimum Gasteiger partial charge on any atom is -0.418 e. The second-order valence-electron chi connectivity index (χ2n) is 4.87. The van der Waals surface area contributed by atoms with Crippen LogP contribution in [0.3, 0.4) is 0 Å². The summed E-state index contributed by atoms with van der Waals surface area (Å²) >= 11 is 0. The highest BCUT2D eigenvalue weighted by Crippen LogP contribution is 2.40. The highest BCUT2D eigenvalue weighted by Gasteiger charge is 2.22. The van der Waals surface area contributed by atoms with E-state index in [1.54, 1.807) is 18.2 Å². The third kappa shape index (κ3) is 3.85. The van der Waals surface area contributed by atoms with Crippen molar-refractivity contribution in [1.29, 1.82) is 0 Å². The van der Waals surface area contributed by atoms with Gasteiger partial charge in [0.1, 0.15) is 5.75 Å². The molecular formula is C17H19O4P. The lowest BCUT2D eigenvalue weighted by atomic mass is 9.99. The molecule has 5 heteroatoms. The number of para-hydroxylation sites is 1. The monoisotopic (exact) mass is 318 g/mol. The van der Waals surface area contributed by atoms with Gasteiger partial charge in [0.25, 0.3) is 0 Å². The second kappa shape index (κ2) is 7.39. The van der Waals surface area contributed by atoms with E-state index in [1.165, 1.54) is 7.11 Å². The van der Waals surface area contributed by atoms with E-state index in [9.17, 15) is 4.79 Å². The van der Waals surface area contributed by atoms with Crippen molar-refractivity contribution in [2.24, 2.45) is 0 Å². The van der Waals surface area contributed by atoms with Crippen LogP contribution in [-0.2, 0) is 9.05 Å². The number of benzene rings is 2. The highest BCUT2D eigenvalue weighted by molar-refractivity contribution is 7.42. The number of aryl methyl sites for hydroxylation is 1. The molecule has 1 atom stereocenters. The molecule has 2 rings (SSSR count). The molecule has 116 valence electrons. The summed E-state index contributed by atoms with van der Waals surface area (Å²) in [6, 6.07) is 12.8. The third-order valence-electron chi connectivity index (χ3n) is 3.51. The molecule has 0 bridgehead atoms. The minimum absolute atomic E-state index is 0.440. The van der Waals surface area contributed by atoms with E-state index in [4.69, 9.17) is 13.6 Å². The van der Waals surface area contributed by atoms with Gasteiger partial charge < -0.3 is 9.05 Å². The van der Waals surface area contributed by atoms with Crippen LogP contribution in [0.1, 0.15) is 27.0 Å². The molecule has 2 aromatic carbocycles. The maximum Gasteiger partial charge on any atom is 0.465 e. The Labute approximate surface area is 132 Å². The quantitative estimate of drug-likeness (QED) is 0.748. The summed E-state index contributed by atoms with van der Waals surface area (Å²) in [5.41, 5.74) is 3.67. The van der Waals surface area contributed by atoms with Gasteiger partial charge >= 0.3 is 14.6 Å². The van der Waals surface area contributed by atoms with Crippen molar-refractivity contribution in [1.82, 2.24) is 0 Å². The first-order valence-electron chi connectivity index (χ1n) is 6.89. The van der Waals surface area contributed by atoms with E-state index in [-0.39, 0.29) is 0 Å². The van der Waals surface area contributed by atoms with E-state index >= 15 is 0 Å².